The fraction of sp³-hybridized carbons (Fsp3) is 0.370. The van der Waals surface area contributed by atoms with Crippen LogP contribution in [0.2, 0.25) is 0 Å². The first kappa shape index (κ1) is 34.8. The molecule has 0 amide bonds. The number of rotatable bonds is 9. The minimum Gasteiger partial charge on any atom is -1.00 e. The number of carbonyl (C=O) groups excluding carboxylic acids is 2. The number of carbonyl (C=O) groups is 2. The van der Waals surface area contributed by atoms with Crippen LogP contribution in [-0.2, 0) is 19.1 Å². The molecule has 8 nitrogen and oxygen atoms in total. The Kier molecular flexibility index (Phi) is 20.3. The first-order valence-corrected chi connectivity index (χ1v) is 11.6. The first-order chi connectivity index (χ1) is 16.6. The van der Waals surface area contributed by atoms with Crippen LogP contribution in [0.15, 0.2) is 72.6 Å². The fourth-order valence-electron chi connectivity index (χ4n) is 2.62. The number of benzene rings is 2. The third-order valence-electron chi connectivity index (χ3n) is 4.30. The van der Waals surface area contributed by atoms with Crippen molar-refractivity contribution in [2.75, 3.05) is 13.2 Å². The molecule has 2 rings (SSSR count). The predicted octanol–water partition coefficient (Wildman–Crippen LogP) is -0.430. The lowest BCUT2D eigenvalue weighted by Crippen LogP contribution is -3.00. The Morgan fingerprint density at radius 3 is 1.81 bits per heavy atom. The van der Waals surface area contributed by atoms with Gasteiger partial charge in [-0.2, -0.15) is 0 Å². The van der Waals surface area contributed by atoms with E-state index in [9.17, 15) is 9.59 Å². The highest BCUT2D eigenvalue weighted by Gasteiger charge is 2.06. The monoisotopic (exact) mass is 520 g/mol. The zero-order valence-corrected chi connectivity index (χ0v) is 22.6. The van der Waals surface area contributed by atoms with Gasteiger partial charge in [-0.3, -0.25) is 10.2 Å². The zero-order valence-electron chi connectivity index (χ0n) is 21.9. The van der Waals surface area contributed by atoms with Crippen LogP contribution in [0.1, 0.15) is 64.3 Å². The number of nitrogens with two attached hydrogens (primary N) is 3. The van der Waals surface area contributed by atoms with Crippen LogP contribution >= 0.6 is 0 Å². The van der Waals surface area contributed by atoms with Gasteiger partial charge in [0.1, 0.15) is 12.2 Å². The van der Waals surface area contributed by atoms with E-state index in [4.69, 9.17) is 21.6 Å². The maximum Gasteiger partial charge on any atom is 0.334 e. The van der Waals surface area contributed by atoms with Crippen LogP contribution in [0.25, 0.3) is 0 Å². The first-order valence-electron chi connectivity index (χ1n) is 11.6. The molecule has 0 bridgehead atoms. The minimum atomic E-state index is -0.433. The molecule has 0 radical (unpaired) electrons. The summed E-state index contributed by atoms with van der Waals surface area (Å²) < 4.78 is 9.38. The summed E-state index contributed by atoms with van der Waals surface area (Å²) in [6.45, 7) is 9.93. The van der Waals surface area contributed by atoms with Crippen molar-refractivity contribution in [2.45, 2.75) is 53.1 Å². The lowest BCUT2D eigenvalue weighted by molar-refractivity contribution is -0.145. The molecular weight excluding hydrogens is 480 g/mol. The molecule has 0 unspecified atom stereocenters. The summed E-state index contributed by atoms with van der Waals surface area (Å²) in [4.78, 5) is 21.7. The van der Waals surface area contributed by atoms with E-state index >= 15 is 0 Å². The minimum absolute atomic E-state index is 0. The molecule has 0 saturated heterocycles. The van der Waals surface area contributed by atoms with Crippen LogP contribution in [0.4, 0.5) is 0 Å². The average molecular weight is 521 g/mol. The topological polar surface area (TPSA) is 142 Å². The van der Waals surface area contributed by atoms with Crippen LogP contribution < -0.4 is 34.6 Å². The highest BCUT2D eigenvalue weighted by atomic mass is 35.5. The molecule has 7 N–H and O–H groups in total. The summed E-state index contributed by atoms with van der Waals surface area (Å²) in [6.07, 6.45) is 1.48. The van der Waals surface area contributed by atoms with E-state index in [1.807, 2.05) is 74.5 Å². The van der Waals surface area contributed by atoms with Crippen molar-refractivity contribution in [1.29, 1.82) is 0 Å². The van der Waals surface area contributed by atoms with Crippen molar-refractivity contribution in [3.05, 3.63) is 83.7 Å². The van der Waals surface area contributed by atoms with E-state index in [2.05, 4.69) is 10.1 Å². The average Bonchev–Trinajstić information content (AvgIpc) is 2.80. The molecule has 0 spiro atoms. The Balaban J connectivity index is 0. The molecule has 2 atom stereocenters. The Labute approximate surface area is 221 Å². The van der Waals surface area contributed by atoms with Crippen molar-refractivity contribution in [1.82, 2.24) is 5.32 Å². The summed E-state index contributed by atoms with van der Waals surface area (Å²) in [5, 5.41) is 8.26. The number of hydrogen-bond acceptors (Lipinski definition) is 7. The highest BCUT2D eigenvalue weighted by molar-refractivity contribution is 5.94. The highest BCUT2D eigenvalue weighted by Crippen LogP contribution is 2.11. The molecule has 0 aliphatic heterocycles. The Morgan fingerprint density at radius 1 is 0.944 bits per heavy atom. The lowest BCUT2D eigenvalue weighted by atomic mass is 10.1. The lowest BCUT2D eigenvalue weighted by Gasteiger charge is -2.15. The smallest absolute Gasteiger partial charge is 0.334 e. The van der Waals surface area contributed by atoms with Gasteiger partial charge >= 0.3 is 11.9 Å². The van der Waals surface area contributed by atoms with Gasteiger partial charge in [0, 0.05) is 19.0 Å². The summed E-state index contributed by atoms with van der Waals surface area (Å²) in [5.41, 5.74) is 14.2. The molecule has 0 aliphatic carbocycles. The van der Waals surface area contributed by atoms with Crippen LogP contribution in [0, 0.1) is 0 Å². The molecule has 0 fully saturated rings. The second kappa shape index (κ2) is 21.0. The van der Waals surface area contributed by atoms with Crippen LogP contribution in [0.3, 0.4) is 0 Å². The summed E-state index contributed by atoms with van der Waals surface area (Å²) in [7, 11) is 0. The van der Waals surface area contributed by atoms with Gasteiger partial charge in [0.15, 0.2) is 5.71 Å². The molecule has 200 valence electrons. The maximum absolute atomic E-state index is 11.2. The van der Waals surface area contributed by atoms with Gasteiger partial charge in [-0.05, 0) is 38.8 Å². The van der Waals surface area contributed by atoms with Gasteiger partial charge in [-0.1, -0.05) is 60.7 Å². The van der Waals surface area contributed by atoms with E-state index in [0.29, 0.717) is 24.7 Å². The van der Waals surface area contributed by atoms with Crippen LogP contribution in [-0.4, -0.2) is 30.9 Å². The quantitative estimate of drug-likeness (QED) is 0.199. The summed E-state index contributed by atoms with van der Waals surface area (Å²) in [6, 6.07) is 20.1. The molecular formula is C27H41ClN4O4. The summed E-state index contributed by atoms with van der Waals surface area (Å²) >= 11 is 0. The Bertz CT molecular complexity index is 907. The SMILES string of the molecule is CCOC(=O)/C=C(\N)N[C@@H](C)c1ccccc1.CCOC(=O)CC(C)=[NH2+].C[C@H](N)c1ccccc1.[Cl-]. The normalized spacial score (nSPS) is 11.6. The predicted molar refractivity (Wildman–Crippen MR) is 140 cm³/mol. The molecule has 2 aromatic rings. The third kappa shape index (κ3) is 18.0. The van der Waals surface area contributed by atoms with Gasteiger partial charge in [0.2, 0.25) is 0 Å². The van der Waals surface area contributed by atoms with Gasteiger partial charge in [-0.25, -0.2) is 4.79 Å². The van der Waals surface area contributed by atoms with E-state index in [-0.39, 0.29) is 36.9 Å². The van der Waals surface area contributed by atoms with E-state index in [1.165, 1.54) is 11.6 Å². The van der Waals surface area contributed by atoms with Crippen molar-refractivity contribution in [3.63, 3.8) is 0 Å². The Hall–Kier alpha value is -3.36. The van der Waals surface area contributed by atoms with Gasteiger partial charge in [0.25, 0.3) is 0 Å². The number of esters is 2. The number of ether oxygens (including phenoxy) is 2. The van der Waals surface area contributed by atoms with E-state index in [0.717, 1.165) is 5.56 Å². The number of nitrogens with one attached hydrogen (secondary N) is 1. The zero-order chi connectivity index (χ0) is 26.6. The molecule has 2 aromatic carbocycles. The molecule has 0 aliphatic rings. The summed E-state index contributed by atoms with van der Waals surface area (Å²) in [5.74, 6) is -0.380. The largest absolute Gasteiger partial charge is 1.00 e. The number of hydrogen-bond donors (Lipinski definition) is 4. The molecule has 0 saturated carbocycles. The van der Waals surface area contributed by atoms with Crippen molar-refractivity contribution < 1.29 is 36.9 Å². The molecule has 0 aromatic heterocycles. The molecule has 0 heterocycles. The van der Waals surface area contributed by atoms with Gasteiger partial charge in [0.05, 0.1) is 19.3 Å². The van der Waals surface area contributed by atoms with Crippen molar-refractivity contribution in [3.8, 4) is 0 Å². The third-order valence-corrected chi connectivity index (χ3v) is 4.30. The fourth-order valence-corrected chi connectivity index (χ4v) is 2.62. The molecule has 9 heteroatoms. The Morgan fingerprint density at radius 2 is 1.42 bits per heavy atom. The van der Waals surface area contributed by atoms with Crippen molar-refractivity contribution >= 4 is 17.7 Å². The van der Waals surface area contributed by atoms with E-state index in [1.54, 1.807) is 20.8 Å². The maximum atomic E-state index is 11.2. The molecule has 36 heavy (non-hydrogen) atoms. The van der Waals surface area contributed by atoms with Crippen LogP contribution in [0.5, 0.6) is 0 Å². The van der Waals surface area contributed by atoms with Gasteiger partial charge < -0.3 is 38.7 Å². The van der Waals surface area contributed by atoms with Gasteiger partial charge in [-0.15, -0.1) is 0 Å². The van der Waals surface area contributed by atoms with Crippen molar-refractivity contribution in [2.24, 2.45) is 11.5 Å². The standard InChI is InChI=1S/C13H18N2O2.C8H11N.C6H11NO2.ClH/c1-3-17-13(16)9-12(14)15-10(2)11-7-5-4-6-8-11;1-7(9)8-5-3-2-4-6-8;1-3-9-6(8)4-5(2)7;/h4-10,15H,3,14H2,1-2H3;2-7H,9H2,1H3;7H,3-4H2,1-2H3;1H/b12-9+;;;/t10-;7-;;/m00../s1. The second-order valence-electron chi connectivity index (χ2n) is 7.66. The number of halogens is 1. The van der Waals surface area contributed by atoms with E-state index < -0.39 is 5.97 Å². The second-order valence-corrected chi connectivity index (χ2v) is 7.66.